The summed E-state index contributed by atoms with van der Waals surface area (Å²) >= 11 is 0. The molecule has 1 nitrogen and oxygen atoms in total. The van der Waals surface area contributed by atoms with E-state index in [1.807, 2.05) is 0 Å². The highest BCUT2D eigenvalue weighted by molar-refractivity contribution is 4.66. The molecule has 0 aromatic heterocycles. The van der Waals surface area contributed by atoms with E-state index in [1.54, 1.807) is 6.92 Å². The molecule has 1 rings (SSSR count). The molecule has 1 heteroatoms. The lowest BCUT2D eigenvalue weighted by Crippen LogP contribution is -2.06. The van der Waals surface area contributed by atoms with Crippen molar-refractivity contribution in [3.8, 4) is 0 Å². The van der Waals surface area contributed by atoms with Crippen LogP contribution in [0.3, 0.4) is 0 Å². The van der Waals surface area contributed by atoms with Gasteiger partial charge < -0.3 is 5.11 Å². The highest BCUT2D eigenvalue weighted by Gasteiger charge is 2.13. The molecule has 1 saturated carbocycles. The van der Waals surface area contributed by atoms with Crippen LogP contribution >= 0.6 is 0 Å². The minimum absolute atomic E-state index is 0.250. The van der Waals surface area contributed by atoms with E-state index in [0.717, 1.165) is 17.8 Å². The molecular formula is C19H40O. The molecule has 0 saturated heterocycles. The van der Waals surface area contributed by atoms with Crippen LogP contribution < -0.4 is 0 Å². The molecule has 0 spiro atoms. The lowest BCUT2D eigenvalue weighted by Gasteiger charge is -2.22. The maximum atomic E-state index is 7.57. The van der Waals surface area contributed by atoms with Gasteiger partial charge in [0, 0.05) is 6.61 Å². The fourth-order valence-electron chi connectivity index (χ4n) is 3.25. The molecule has 1 atom stereocenters. The van der Waals surface area contributed by atoms with Gasteiger partial charge in [0.25, 0.3) is 0 Å². The highest BCUT2D eigenvalue weighted by atomic mass is 16.2. The Morgan fingerprint density at radius 1 is 0.900 bits per heavy atom. The second-order valence-electron chi connectivity index (χ2n) is 7.18. The predicted molar refractivity (Wildman–Crippen MR) is 91.0 cm³/mol. The van der Waals surface area contributed by atoms with Crippen LogP contribution in [0.4, 0.5) is 0 Å². The topological polar surface area (TPSA) is 20.2 Å². The summed E-state index contributed by atoms with van der Waals surface area (Å²) in [5.41, 5.74) is 0. The Bertz CT molecular complexity index is 182. The molecule has 1 aliphatic rings. The van der Waals surface area contributed by atoms with Gasteiger partial charge in [-0.1, -0.05) is 91.4 Å². The molecule has 1 aliphatic carbocycles. The Labute approximate surface area is 128 Å². The van der Waals surface area contributed by atoms with Crippen LogP contribution in [0.2, 0.25) is 0 Å². The highest BCUT2D eigenvalue weighted by Crippen LogP contribution is 2.28. The van der Waals surface area contributed by atoms with Gasteiger partial charge in [-0.15, -0.1) is 0 Å². The predicted octanol–water partition coefficient (Wildman–Crippen LogP) is 6.20. The van der Waals surface area contributed by atoms with Crippen molar-refractivity contribution in [2.45, 2.75) is 98.3 Å². The fourth-order valence-corrected chi connectivity index (χ4v) is 3.25. The Balaban J connectivity index is 0.00000110. The smallest absolute Gasteiger partial charge is 0.0402 e. The summed E-state index contributed by atoms with van der Waals surface area (Å²) in [6, 6.07) is 0. The molecule has 0 aliphatic heterocycles. The number of rotatable bonds is 8. The van der Waals surface area contributed by atoms with Crippen molar-refractivity contribution in [1.29, 1.82) is 0 Å². The summed E-state index contributed by atoms with van der Waals surface area (Å²) < 4.78 is 0. The van der Waals surface area contributed by atoms with Crippen LogP contribution in [0.1, 0.15) is 98.3 Å². The third kappa shape index (κ3) is 13.0. The second-order valence-corrected chi connectivity index (χ2v) is 7.18. The zero-order valence-electron chi connectivity index (χ0n) is 14.7. The monoisotopic (exact) mass is 284 g/mol. The third-order valence-corrected chi connectivity index (χ3v) is 4.51. The zero-order chi connectivity index (χ0) is 15.2. The molecule has 0 heterocycles. The Hall–Kier alpha value is -0.0400. The first-order valence-corrected chi connectivity index (χ1v) is 9.20. The number of aliphatic hydroxyl groups is 1. The minimum atomic E-state index is 0.250. The van der Waals surface area contributed by atoms with Gasteiger partial charge in [-0.25, -0.2) is 0 Å². The summed E-state index contributed by atoms with van der Waals surface area (Å²) in [7, 11) is 0. The van der Waals surface area contributed by atoms with Gasteiger partial charge in [0.2, 0.25) is 0 Å². The second kappa shape index (κ2) is 13.9. The first-order valence-electron chi connectivity index (χ1n) is 9.20. The number of hydrogen-bond acceptors (Lipinski definition) is 1. The van der Waals surface area contributed by atoms with E-state index < -0.39 is 0 Å². The molecular weight excluding hydrogens is 244 g/mol. The van der Waals surface area contributed by atoms with E-state index in [0.29, 0.717) is 0 Å². The van der Waals surface area contributed by atoms with Crippen molar-refractivity contribution in [3.63, 3.8) is 0 Å². The summed E-state index contributed by atoms with van der Waals surface area (Å²) in [5, 5.41) is 7.57. The first-order chi connectivity index (χ1) is 9.60. The summed E-state index contributed by atoms with van der Waals surface area (Å²) in [6.45, 7) is 9.07. The largest absolute Gasteiger partial charge is 0.397 e. The van der Waals surface area contributed by atoms with Gasteiger partial charge >= 0.3 is 0 Å². The molecule has 0 amide bonds. The number of aliphatic hydroxyl groups excluding tert-OH is 1. The van der Waals surface area contributed by atoms with Gasteiger partial charge in [0.15, 0.2) is 0 Å². The molecule has 0 radical (unpaired) electrons. The van der Waals surface area contributed by atoms with Crippen LogP contribution in [0.15, 0.2) is 0 Å². The van der Waals surface area contributed by atoms with Crippen LogP contribution in [-0.2, 0) is 0 Å². The summed E-state index contributed by atoms with van der Waals surface area (Å²) in [6.07, 6.45) is 16.4. The molecule has 0 aromatic carbocycles. The van der Waals surface area contributed by atoms with E-state index in [-0.39, 0.29) is 6.61 Å². The number of hydrogen-bond donors (Lipinski definition) is 1. The quantitative estimate of drug-likeness (QED) is 0.562. The molecule has 1 unspecified atom stereocenters. The molecule has 1 fully saturated rings. The Kier molecular flexibility index (Phi) is 13.9. The maximum absolute atomic E-state index is 7.57. The van der Waals surface area contributed by atoms with Crippen molar-refractivity contribution >= 4 is 0 Å². The molecule has 0 aromatic rings. The van der Waals surface area contributed by atoms with Crippen molar-refractivity contribution in [1.82, 2.24) is 0 Å². The van der Waals surface area contributed by atoms with Gasteiger partial charge in [0.05, 0.1) is 0 Å². The van der Waals surface area contributed by atoms with E-state index in [9.17, 15) is 0 Å². The van der Waals surface area contributed by atoms with Crippen molar-refractivity contribution < 1.29 is 5.11 Å². The maximum Gasteiger partial charge on any atom is 0.0402 e. The van der Waals surface area contributed by atoms with E-state index in [4.69, 9.17) is 5.11 Å². The van der Waals surface area contributed by atoms with E-state index in [1.165, 1.54) is 70.6 Å². The van der Waals surface area contributed by atoms with E-state index >= 15 is 0 Å². The minimum Gasteiger partial charge on any atom is -0.397 e. The Morgan fingerprint density at radius 2 is 1.45 bits per heavy atom. The molecule has 1 N–H and O–H groups in total. The van der Waals surface area contributed by atoms with Crippen molar-refractivity contribution in [3.05, 3.63) is 0 Å². The molecule has 0 bridgehead atoms. The van der Waals surface area contributed by atoms with Crippen LogP contribution in [0.25, 0.3) is 0 Å². The van der Waals surface area contributed by atoms with Gasteiger partial charge in [-0.3, -0.25) is 0 Å². The van der Waals surface area contributed by atoms with Crippen LogP contribution in [0.5, 0.6) is 0 Å². The van der Waals surface area contributed by atoms with E-state index in [2.05, 4.69) is 20.8 Å². The van der Waals surface area contributed by atoms with Crippen molar-refractivity contribution in [2.24, 2.45) is 17.8 Å². The SMILES string of the molecule is CC(C)CCCC(C)CCCC1CCCCC1.CCO. The average Bonchev–Trinajstić information content (AvgIpc) is 2.40. The zero-order valence-corrected chi connectivity index (χ0v) is 14.7. The molecule has 20 heavy (non-hydrogen) atoms. The third-order valence-electron chi connectivity index (χ3n) is 4.51. The van der Waals surface area contributed by atoms with Crippen LogP contribution in [0, 0.1) is 17.8 Å². The van der Waals surface area contributed by atoms with Gasteiger partial charge in [-0.2, -0.15) is 0 Å². The summed E-state index contributed by atoms with van der Waals surface area (Å²) in [4.78, 5) is 0. The normalized spacial score (nSPS) is 17.7. The lowest BCUT2D eigenvalue weighted by atomic mass is 9.84. The van der Waals surface area contributed by atoms with Crippen LogP contribution in [-0.4, -0.2) is 11.7 Å². The standard InChI is InChI=1S/C17H34.C2H6O/c1-15(2)9-7-10-16(3)11-8-14-17-12-5-4-6-13-17;1-2-3/h15-17H,4-14H2,1-3H3;3H,2H2,1H3. The molecule has 122 valence electrons. The fraction of sp³-hybridized carbons (Fsp3) is 1.00. The summed E-state index contributed by atoms with van der Waals surface area (Å²) in [5.74, 6) is 2.95. The van der Waals surface area contributed by atoms with Gasteiger partial charge in [-0.05, 0) is 24.7 Å². The van der Waals surface area contributed by atoms with Gasteiger partial charge in [0.1, 0.15) is 0 Å². The Morgan fingerprint density at radius 3 is 2.00 bits per heavy atom. The average molecular weight is 285 g/mol. The first kappa shape index (κ1) is 20.0. The van der Waals surface area contributed by atoms with Crippen molar-refractivity contribution in [2.75, 3.05) is 6.61 Å². The lowest BCUT2D eigenvalue weighted by molar-refractivity contribution is 0.316.